The van der Waals surface area contributed by atoms with Gasteiger partial charge in [0.05, 0.1) is 5.69 Å². The van der Waals surface area contributed by atoms with Gasteiger partial charge in [0.25, 0.3) is 0 Å². The third kappa shape index (κ3) is 3.44. The van der Waals surface area contributed by atoms with Crippen LogP contribution in [0.2, 0.25) is 0 Å². The largest absolute Gasteiger partial charge is 0.370 e. The standard InChI is InChI=1S/C12H19N5OS/c1-2-5-15-10(18)7-3-4-8-9(6-7)19-12(16-8)17-11(13)14/h7H,2-6H2,1H3,(H,15,18)(H4,13,14,16,17)/t7-/m0/s1. The van der Waals surface area contributed by atoms with Crippen molar-refractivity contribution in [3.63, 3.8) is 0 Å². The molecule has 1 heterocycles. The Hall–Kier alpha value is -1.63. The third-order valence-corrected chi connectivity index (χ3v) is 4.14. The number of nitrogens with two attached hydrogens (primary N) is 1. The second-order valence-electron chi connectivity index (χ2n) is 4.66. The van der Waals surface area contributed by atoms with Crippen molar-refractivity contribution in [2.75, 3.05) is 11.9 Å². The SMILES string of the molecule is CCCNC(=O)[C@H]1CCc2nc(NC(=N)N)sc2C1. The molecule has 0 radical (unpaired) electrons. The van der Waals surface area contributed by atoms with Crippen molar-refractivity contribution in [2.24, 2.45) is 11.7 Å². The predicted octanol–water partition coefficient (Wildman–Crippen LogP) is 1.08. The molecule has 5 N–H and O–H groups in total. The van der Waals surface area contributed by atoms with Crippen LogP contribution in [0.3, 0.4) is 0 Å². The fourth-order valence-electron chi connectivity index (χ4n) is 2.16. The number of nitrogens with zero attached hydrogens (tertiary/aromatic N) is 1. The molecule has 0 aromatic carbocycles. The molecule has 7 heteroatoms. The Labute approximate surface area is 116 Å². The van der Waals surface area contributed by atoms with Crippen molar-refractivity contribution >= 4 is 28.3 Å². The molecule has 0 saturated carbocycles. The van der Waals surface area contributed by atoms with E-state index in [-0.39, 0.29) is 17.8 Å². The summed E-state index contributed by atoms with van der Waals surface area (Å²) in [6.07, 6.45) is 3.35. The average molecular weight is 281 g/mol. The molecule has 0 fully saturated rings. The minimum Gasteiger partial charge on any atom is -0.370 e. The first kappa shape index (κ1) is 13.8. The van der Waals surface area contributed by atoms with Gasteiger partial charge < -0.3 is 16.4 Å². The number of carbonyl (C=O) groups excluding carboxylic acids is 1. The molecule has 0 unspecified atom stereocenters. The minimum atomic E-state index is -0.108. The molecule has 104 valence electrons. The number of anilines is 1. The van der Waals surface area contributed by atoms with Gasteiger partial charge in [0, 0.05) is 17.3 Å². The van der Waals surface area contributed by atoms with Crippen LogP contribution < -0.4 is 16.4 Å². The molecule has 0 saturated heterocycles. The number of hydrogen-bond donors (Lipinski definition) is 4. The molecule has 0 bridgehead atoms. The molecule has 19 heavy (non-hydrogen) atoms. The second kappa shape index (κ2) is 6.01. The molecule has 1 amide bonds. The molecular weight excluding hydrogens is 262 g/mol. The molecule has 1 aromatic rings. The molecule has 2 rings (SSSR count). The van der Waals surface area contributed by atoms with Crippen LogP contribution in [-0.4, -0.2) is 23.4 Å². The summed E-state index contributed by atoms with van der Waals surface area (Å²) in [6.45, 7) is 2.78. The topological polar surface area (TPSA) is 104 Å². The summed E-state index contributed by atoms with van der Waals surface area (Å²) in [4.78, 5) is 17.5. The molecule has 6 nitrogen and oxygen atoms in total. The Bertz CT molecular complexity index is 484. The maximum Gasteiger partial charge on any atom is 0.223 e. The van der Waals surface area contributed by atoms with Crippen LogP contribution in [0.1, 0.15) is 30.3 Å². The lowest BCUT2D eigenvalue weighted by atomic mass is 9.90. The first-order valence-corrected chi connectivity index (χ1v) is 7.29. The maximum atomic E-state index is 12.0. The molecule has 1 aliphatic carbocycles. The van der Waals surface area contributed by atoms with E-state index in [1.807, 2.05) is 6.92 Å². The molecule has 1 atom stereocenters. The molecule has 1 aliphatic rings. The van der Waals surface area contributed by atoms with Gasteiger partial charge in [-0.25, -0.2) is 4.98 Å². The van der Waals surface area contributed by atoms with Gasteiger partial charge >= 0.3 is 0 Å². The van der Waals surface area contributed by atoms with Crippen molar-refractivity contribution in [3.8, 4) is 0 Å². The number of nitrogens with one attached hydrogen (secondary N) is 3. The summed E-state index contributed by atoms with van der Waals surface area (Å²) in [5, 5.41) is 13.5. The number of carbonyl (C=O) groups is 1. The highest BCUT2D eigenvalue weighted by Gasteiger charge is 2.27. The Kier molecular flexibility index (Phi) is 4.36. The fourth-order valence-corrected chi connectivity index (χ4v) is 3.26. The summed E-state index contributed by atoms with van der Waals surface area (Å²) in [5.41, 5.74) is 6.32. The highest BCUT2D eigenvalue weighted by Crippen LogP contribution is 2.32. The summed E-state index contributed by atoms with van der Waals surface area (Å²) in [7, 11) is 0. The van der Waals surface area contributed by atoms with Crippen LogP contribution in [0.25, 0.3) is 0 Å². The van der Waals surface area contributed by atoms with Crippen LogP contribution >= 0.6 is 11.3 Å². The Morgan fingerprint density at radius 1 is 1.63 bits per heavy atom. The number of rotatable bonds is 4. The van der Waals surface area contributed by atoms with E-state index in [0.29, 0.717) is 5.13 Å². The first-order valence-electron chi connectivity index (χ1n) is 6.47. The number of aryl methyl sites for hydroxylation is 1. The lowest BCUT2D eigenvalue weighted by molar-refractivity contribution is -0.125. The summed E-state index contributed by atoms with van der Waals surface area (Å²) < 4.78 is 0. The van der Waals surface area contributed by atoms with Gasteiger partial charge in [0.1, 0.15) is 0 Å². The Balaban J connectivity index is 2.01. The van der Waals surface area contributed by atoms with Crippen LogP contribution in [0.4, 0.5) is 5.13 Å². The van der Waals surface area contributed by atoms with E-state index in [1.54, 1.807) is 0 Å². The fraction of sp³-hybridized carbons (Fsp3) is 0.583. The number of fused-ring (bicyclic) bond motifs is 1. The zero-order chi connectivity index (χ0) is 13.8. The van der Waals surface area contributed by atoms with Gasteiger partial charge in [-0.15, -0.1) is 11.3 Å². The highest BCUT2D eigenvalue weighted by molar-refractivity contribution is 7.15. The van der Waals surface area contributed by atoms with Crippen molar-refractivity contribution < 1.29 is 4.79 Å². The number of thiazole rings is 1. The van der Waals surface area contributed by atoms with E-state index in [1.165, 1.54) is 11.3 Å². The number of aromatic nitrogens is 1. The van der Waals surface area contributed by atoms with Crippen molar-refractivity contribution in [1.29, 1.82) is 5.41 Å². The zero-order valence-corrected chi connectivity index (χ0v) is 11.8. The lowest BCUT2D eigenvalue weighted by Gasteiger charge is -2.20. The zero-order valence-electron chi connectivity index (χ0n) is 11.0. The van der Waals surface area contributed by atoms with Gasteiger partial charge in [-0.3, -0.25) is 10.2 Å². The van der Waals surface area contributed by atoms with E-state index in [0.717, 1.165) is 42.8 Å². The van der Waals surface area contributed by atoms with Gasteiger partial charge in [-0.2, -0.15) is 0 Å². The highest BCUT2D eigenvalue weighted by atomic mass is 32.1. The summed E-state index contributed by atoms with van der Waals surface area (Å²) in [5.74, 6) is 0.0787. The van der Waals surface area contributed by atoms with Gasteiger partial charge in [-0.1, -0.05) is 6.92 Å². The normalized spacial score (nSPS) is 17.6. The summed E-state index contributed by atoms with van der Waals surface area (Å²) >= 11 is 1.49. The van der Waals surface area contributed by atoms with E-state index in [4.69, 9.17) is 11.1 Å². The number of guanidine groups is 1. The minimum absolute atomic E-state index is 0.0460. The lowest BCUT2D eigenvalue weighted by Crippen LogP contribution is -2.34. The van der Waals surface area contributed by atoms with Crippen molar-refractivity contribution in [1.82, 2.24) is 10.3 Å². The Morgan fingerprint density at radius 2 is 2.42 bits per heavy atom. The van der Waals surface area contributed by atoms with Gasteiger partial charge in [0.2, 0.25) is 5.91 Å². The van der Waals surface area contributed by atoms with Crippen LogP contribution in [0, 0.1) is 11.3 Å². The van der Waals surface area contributed by atoms with Crippen LogP contribution in [0.5, 0.6) is 0 Å². The van der Waals surface area contributed by atoms with E-state index in [9.17, 15) is 4.79 Å². The summed E-state index contributed by atoms with van der Waals surface area (Å²) in [6, 6.07) is 0. The molecule has 1 aromatic heterocycles. The molecular formula is C12H19N5OS. The maximum absolute atomic E-state index is 12.0. The van der Waals surface area contributed by atoms with E-state index >= 15 is 0 Å². The van der Waals surface area contributed by atoms with Crippen LogP contribution in [0.15, 0.2) is 0 Å². The van der Waals surface area contributed by atoms with E-state index in [2.05, 4.69) is 15.6 Å². The molecule has 0 spiro atoms. The quantitative estimate of drug-likeness (QED) is 0.489. The monoisotopic (exact) mass is 281 g/mol. The third-order valence-electron chi connectivity index (χ3n) is 3.10. The first-order chi connectivity index (χ1) is 9.10. The smallest absolute Gasteiger partial charge is 0.223 e. The van der Waals surface area contributed by atoms with Crippen LogP contribution in [-0.2, 0) is 17.6 Å². The number of amides is 1. The van der Waals surface area contributed by atoms with Crippen molar-refractivity contribution in [2.45, 2.75) is 32.6 Å². The van der Waals surface area contributed by atoms with E-state index < -0.39 is 0 Å². The van der Waals surface area contributed by atoms with Gasteiger partial charge in [0.15, 0.2) is 11.1 Å². The second-order valence-corrected chi connectivity index (χ2v) is 5.74. The van der Waals surface area contributed by atoms with Gasteiger partial charge in [-0.05, 0) is 25.7 Å². The van der Waals surface area contributed by atoms with Crippen molar-refractivity contribution in [3.05, 3.63) is 10.6 Å². The average Bonchev–Trinajstić information content (AvgIpc) is 2.75. The number of hydrogen-bond acceptors (Lipinski definition) is 4. The Morgan fingerprint density at radius 3 is 3.11 bits per heavy atom. The predicted molar refractivity (Wildman–Crippen MR) is 76.5 cm³/mol. The molecule has 0 aliphatic heterocycles.